The van der Waals surface area contributed by atoms with E-state index in [4.69, 9.17) is 8.83 Å². The van der Waals surface area contributed by atoms with Crippen molar-refractivity contribution in [3.8, 4) is 23.5 Å². The predicted octanol–water partition coefficient (Wildman–Crippen LogP) is 11.8. The zero-order chi connectivity index (χ0) is 34.4. The summed E-state index contributed by atoms with van der Waals surface area (Å²) in [5.41, 5.74) is 10.1. The van der Waals surface area contributed by atoms with Gasteiger partial charge in [0.1, 0.15) is 34.5 Å². The molecule has 0 aliphatic rings. The molecule has 0 aliphatic carbocycles. The second kappa shape index (κ2) is 10.6. The molecule has 4 heterocycles. The fraction of sp³-hybridized carbons (Fsp3) is 0.0222. The lowest BCUT2D eigenvalue weighted by Gasteiger charge is -2.18. The maximum atomic E-state index is 10.4. The highest BCUT2D eigenvalue weighted by molar-refractivity contribution is 6.24. The van der Waals surface area contributed by atoms with Crippen molar-refractivity contribution >= 4 is 82.7 Å². The highest BCUT2D eigenvalue weighted by atomic mass is 16.3. The molecule has 0 unspecified atom stereocenters. The predicted molar refractivity (Wildman–Crippen MR) is 206 cm³/mol. The van der Waals surface area contributed by atoms with E-state index in [0.717, 1.165) is 99.2 Å². The lowest BCUT2D eigenvalue weighted by atomic mass is 10.1. The first-order valence-electron chi connectivity index (χ1n) is 16.7. The van der Waals surface area contributed by atoms with Gasteiger partial charge in [0.25, 0.3) is 0 Å². The number of aryl methyl sites for hydroxylation is 1. The average Bonchev–Trinajstić information content (AvgIpc) is 3.91. The molecule has 6 nitrogen and oxygen atoms in total. The molecule has 0 saturated heterocycles. The van der Waals surface area contributed by atoms with Crippen LogP contribution in [0.2, 0.25) is 0 Å². The monoisotopic (exact) mass is 654 g/mol. The van der Waals surface area contributed by atoms with Crippen LogP contribution in [0.4, 0.5) is 0 Å². The molecule has 6 aromatic carbocycles. The summed E-state index contributed by atoms with van der Waals surface area (Å²) in [7, 11) is 0. The summed E-state index contributed by atoms with van der Waals surface area (Å²) < 4.78 is 17.5. The molecule has 10 rings (SSSR count). The molecule has 10 aromatic rings. The second-order valence-electron chi connectivity index (χ2n) is 12.8. The molecular weight excluding hydrogens is 629 g/mol. The SMILES string of the molecule is C=C/C=C\c1c(C)c2c3oc4ccccc4c3ccc2n1-c1cc(C#N)c(C#N)cc1-n1c2ccccc2c2c3oc4ccccc4c3ccc21. The van der Waals surface area contributed by atoms with E-state index in [1.54, 1.807) is 6.08 Å². The van der Waals surface area contributed by atoms with Crippen LogP contribution in [0.1, 0.15) is 22.4 Å². The third-order valence-corrected chi connectivity index (χ3v) is 10.2. The van der Waals surface area contributed by atoms with E-state index in [1.807, 2.05) is 72.8 Å². The van der Waals surface area contributed by atoms with Gasteiger partial charge >= 0.3 is 0 Å². The van der Waals surface area contributed by atoms with E-state index < -0.39 is 0 Å². The summed E-state index contributed by atoms with van der Waals surface area (Å²) in [4.78, 5) is 0. The van der Waals surface area contributed by atoms with Crippen molar-refractivity contribution in [2.75, 3.05) is 0 Å². The molecule has 0 atom stereocenters. The number of aromatic nitrogens is 2. The Labute approximate surface area is 291 Å². The van der Waals surface area contributed by atoms with Crippen LogP contribution in [-0.2, 0) is 0 Å². The summed E-state index contributed by atoms with van der Waals surface area (Å²) in [5, 5.41) is 27.9. The molecule has 0 saturated carbocycles. The molecule has 0 aliphatic heterocycles. The van der Waals surface area contributed by atoms with E-state index in [0.29, 0.717) is 11.1 Å². The van der Waals surface area contributed by atoms with Crippen LogP contribution in [0.5, 0.6) is 0 Å². The Kier molecular flexibility index (Phi) is 5.97. The number of hydrogen-bond acceptors (Lipinski definition) is 4. The Morgan fingerprint density at radius 3 is 1.73 bits per heavy atom. The number of para-hydroxylation sites is 3. The minimum atomic E-state index is 0.291. The number of fused-ring (bicyclic) bond motifs is 12. The van der Waals surface area contributed by atoms with Gasteiger partial charge in [-0.3, -0.25) is 0 Å². The number of allylic oxidation sites excluding steroid dienone is 2. The van der Waals surface area contributed by atoms with Gasteiger partial charge in [0, 0.05) is 38.0 Å². The fourth-order valence-corrected chi connectivity index (χ4v) is 7.99. The molecule has 0 radical (unpaired) electrons. The number of furan rings is 2. The Morgan fingerprint density at radius 2 is 1.12 bits per heavy atom. The second-order valence-corrected chi connectivity index (χ2v) is 12.8. The number of benzene rings is 6. The van der Waals surface area contributed by atoms with Crippen LogP contribution < -0.4 is 0 Å². The summed E-state index contributed by atoms with van der Waals surface area (Å²) >= 11 is 0. The van der Waals surface area contributed by atoms with E-state index in [9.17, 15) is 10.5 Å². The summed E-state index contributed by atoms with van der Waals surface area (Å²) in [6.07, 6.45) is 5.71. The summed E-state index contributed by atoms with van der Waals surface area (Å²) in [6, 6.07) is 41.2. The maximum Gasteiger partial charge on any atom is 0.145 e. The molecule has 51 heavy (non-hydrogen) atoms. The van der Waals surface area contributed by atoms with Crippen molar-refractivity contribution in [3.63, 3.8) is 0 Å². The lowest BCUT2D eigenvalue weighted by Crippen LogP contribution is -2.07. The Morgan fingerprint density at radius 1 is 0.588 bits per heavy atom. The van der Waals surface area contributed by atoms with Crippen LogP contribution in [0.25, 0.3) is 94.0 Å². The molecule has 4 aromatic heterocycles. The van der Waals surface area contributed by atoms with Gasteiger partial charge < -0.3 is 18.0 Å². The van der Waals surface area contributed by atoms with Crippen LogP contribution in [-0.4, -0.2) is 9.13 Å². The van der Waals surface area contributed by atoms with Crippen molar-refractivity contribution in [1.82, 2.24) is 9.13 Å². The highest BCUT2D eigenvalue weighted by Gasteiger charge is 2.25. The Bertz CT molecular complexity index is 3260. The first-order valence-corrected chi connectivity index (χ1v) is 16.7. The first-order chi connectivity index (χ1) is 25.1. The topological polar surface area (TPSA) is 83.7 Å². The lowest BCUT2D eigenvalue weighted by molar-refractivity contribution is 0.672. The maximum absolute atomic E-state index is 10.4. The highest BCUT2D eigenvalue weighted by Crippen LogP contribution is 2.44. The third kappa shape index (κ3) is 3.85. The van der Waals surface area contributed by atoms with Crippen molar-refractivity contribution in [1.29, 1.82) is 10.5 Å². The molecule has 0 spiro atoms. The quantitative estimate of drug-likeness (QED) is 0.177. The van der Waals surface area contributed by atoms with Gasteiger partial charge in [0.2, 0.25) is 0 Å². The normalized spacial score (nSPS) is 12.0. The largest absolute Gasteiger partial charge is 0.455 e. The van der Waals surface area contributed by atoms with Crippen molar-refractivity contribution in [2.24, 2.45) is 0 Å². The van der Waals surface area contributed by atoms with Gasteiger partial charge in [-0.25, -0.2) is 0 Å². The molecule has 0 bridgehead atoms. The average molecular weight is 655 g/mol. The standard InChI is InChI=1S/C45H26N4O2/c1-3-4-14-34-26(2)42-36(20-18-31-29-11-6-9-16-40(29)50-44(31)42)48(34)38-22-27(24-46)28(25-47)23-39(38)49-35-15-8-5-13-33(35)43-37(49)21-19-32-30-12-7-10-17-41(30)51-45(32)43/h3-23H,1H2,2H3/b14-4-. The van der Waals surface area contributed by atoms with Gasteiger partial charge in [-0.05, 0) is 73.2 Å². The van der Waals surface area contributed by atoms with Gasteiger partial charge in [-0.15, -0.1) is 0 Å². The smallest absolute Gasteiger partial charge is 0.145 e. The molecule has 238 valence electrons. The van der Waals surface area contributed by atoms with Crippen molar-refractivity contribution in [2.45, 2.75) is 6.92 Å². The number of hydrogen-bond donors (Lipinski definition) is 0. The minimum absolute atomic E-state index is 0.291. The fourth-order valence-electron chi connectivity index (χ4n) is 7.99. The number of rotatable bonds is 4. The molecule has 0 amide bonds. The molecule has 0 N–H and O–H groups in total. The minimum Gasteiger partial charge on any atom is -0.455 e. The molecule has 0 fully saturated rings. The summed E-state index contributed by atoms with van der Waals surface area (Å²) in [6.45, 7) is 6.05. The van der Waals surface area contributed by atoms with E-state index in [2.05, 4.69) is 83.3 Å². The zero-order valence-electron chi connectivity index (χ0n) is 27.4. The van der Waals surface area contributed by atoms with Crippen molar-refractivity contribution in [3.05, 3.63) is 150 Å². The molecular formula is C45H26N4O2. The van der Waals surface area contributed by atoms with Crippen LogP contribution in [0.15, 0.2) is 137 Å². The first kappa shape index (κ1) is 28.7. The molecule has 6 heteroatoms. The van der Waals surface area contributed by atoms with Crippen molar-refractivity contribution < 1.29 is 8.83 Å². The van der Waals surface area contributed by atoms with E-state index in [-0.39, 0.29) is 0 Å². The van der Waals surface area contributed by atoms with Crippen LogP contribution in [0, 0.1) is 29.6 Å². The van der Waals surface area contributed by atoms with Crippen LogP contribution in [0.3, 0.4) is 0 Å². The van der Waals surface area contributed by atoms with Gasteiger partial charge in [0.15, 0.2) is 0 Å². The van der Waals surface area contributed by atoms with E-state index >= 15 is 0 Å². The zero-order valence-corrected chi connectivity index (χ0v) is 27.4. The number of nitriles is 2. The number of nitrogens with zero attached hydrogens (tertiary/aromatic N) is 4. The van der Waals surface area contributed by atoms with E-state index in [1.165, 1.54) is 0 Å². The Hall–Kier alpha value is -7.28. The third-order valence-electron chi connectivity index (χ3n) is 10.2. The van der Waals surface area contributed by atoms with Crippen LogP contribution >= 0.6 is 0 Å². The van der Waals surface area contributed by atoms with Gasteiger partial charge in [0.05, 0.1) is 44.4 Å². The van der Waals surface area contributed by atoms with Gasteiger partial charge in [-0.1, -0.05) is 73.3 Å². The Balaban J connectivity index is 1.39. The summed E-state index contributed by atoms with van der Waals surface area (Å²) in [5.74, 6) is 0. The van der Waals surface area contributed by atoms with Gasteiger partial charge in [-0.2, -0.15) is 10.5 Å².